The van der Waals surface area contributed by atoms with Crippen LogP contribution in [0.4, 0.5) is 5.69 Å². The van der Waals surface area contributed by atoms with Gasteiger partial charge in [0.2, 0.25) is 11.9 Å². The first-order valence-corrected chi connectivity index (χ1v) is 11.3. The Balaban J connectivity index is 1.56. The van der Waals surface area contributed by atoms with Crippen LogP contribution in [0.1, 0.15) is 18.5 Å². The highest BCUT2D eigenvalue weighted by Gasteiger charge is 2.42. The lowest BCUT2D eigenvalue weighted by atomic mass is 9.91. The second kappa shape index (κ2) is 9.79. The van der Waals surface area contributed by atoms with Gasteiger partial charge in [0.1, 0.15) is 6.04 Å². The molecule has 2 aromatic carbocycles. The summed E-state index contributed by atoms with van der Waals surface area (Å²) in [5.41, 5.74) is 1.80. The van der Waals surface area contributed by atoms with Gasteiger partial charge in [0.15, 0.2) is 5.92 Å². The normalized spacial score (nSPS) is 21.1. The fraction of sp³-hybridized carbons (Fsp3) is 0.348. The topological polar surface area (TPSA) is 74.2 Å². The summed E-state index contributed by atoms with van der Waals surface area (Å²) in [5, 5.41) is 4.04. The number of benzene rings is 2. The second-order valence-corrected chi connectivity index (χ2v) is 8.49. The monoisotopic (exact) mass is 474 g/mol. The minimum atomic E-state index is -1.06. The van der Waals surface area contributed by atoms with Crippen molar-refractivity contribution in [2.75, 3.05) is 37.7 Å². The smallest absolute Gasteiger partial charge is 0.321 e. The Bertz CT molecular complexity index is 1020. The summed E-state index contributed by atoms with van der Waals surface area (Å²) >= 11 is 12.2. The van der Waals surface area contributed by atoms with Gasteiger partial charge in [0.25, 0.3) is 0 Å². The first-order chi connectivity index (χ1) is 15.5. The number of esters is 1. The van der Waals surface area contributed by atoms with Gasteiger partial charge in [-0.25, -0.2) is 4.99 Å². The third kappa shape index (κ3) is 4.84. The summed E-state index contributed by atoms with van der Waals surface area (Å²) in [4.78, 5) is 34.6. The van der Waals surface area contributed by atoms with Crippen molar-refractivity contribution in [3.05, 3.63) is 64.1 Å². The van der Waals surface area contributed by atoms with Crippen molar-refractivity contribution >= 4 is 46.7 Å². The van der Waals surface area contributed by atoms with E-state index in [0.29, 0.717) is 34.7 Å². The third-order valence-electron chi connectivity index (χ3n) is 5.60. The summed E-state index contributed by atoms with van der Waals surface area (Å²) in [6.45, 7) is 4.78. The molecule has 0 spiro atoms. The number of rotatable bonds is 4. The van der Waals surface area contributed by atoms with E-state index in [-0.39, 0.29) is 6.61 Å². The fourth-order valence-electron chi connectivity index (χ4n) is 3.98. The average molecular weight is 475 g/mol. The maximum absolute atomic E-state index is 13.0. The van der Waals surface area contributed by atoms with Crippen molar-refractivity contribution in [1.29, 1.82) is 0 Å². The number of guanidine groups is 1. The van der Waals surface area contributed by atoms with Crippen molar-refractivity contribution < 1.29 is 14.3 Å². The van der Waals surface area contributed by atoms with E-state index in [1.807, 2.05) is 35.2 Å². The molecule has 4 rings (SSSR count). The molecule has 0 bridgehead atoms. The number of hydrogen-bond acceptors (Lipinski definition) is 6. The molecule has 0 aromatic heterocycles. The molecule has 2 aromatic rings. The maximum atomic E-state index is 13.0. The van der Waals surface area contributed by atoms with E-state index in [1.165, 1.54) is 0 Å². The lowest BCUT2D eigenvalue weighted by molar-refractivity contribution is -0.153. The molecule has 2 aliphatic rings. The van der Waals surface area contributed by atoms with Crippen LogP contribution in [0.5, 0.6) is 0 Å². The van der Waals surface area contributed by atoms with Crippen LogP contribution in [-0.4, -0.2) is 55.5 Å². The number of nitrogens with one attached hydrogen (secondary N) is 1. The number of aliphatic imine (C=N–C) groups is 1. The van der Waals surface area contributed by atoms with Crippen LogP contribution in [0.15, 0.2) is 53.5 Å². The number of carbonyl (C=O) groups is 2. The highest BCUT2D eigenvalue weighted by molar-refractivity contribution is 6.31. The van der Waals surface area contributed by atoms with E-state index < -0.39 is 23.8 Å². The Morgan fingerprint density at radius 3 is 2.41 bits per heavy atom. The van der Waals surface area contributed by atoms with Gasteiger partial charge in [-0.2, -0.15) is 0 Å². The molecule has 1 N–H and O–H groups in total. The molecular formula is C23H24Cl2N4O3. The van der Waals surface area contributed by atoms with E-state index in [9.17, 15) is 9.59 Å². The Hall–Kier alpha value is -2.77. The molecule has 2 heterocycles. The summed E-state index contributed by atoms with van der Waals surface area (Å²) in [5.74, 6) is -1.60. The number of carbonyl (C=O) groups excluding carboxylic acids is 2. The van der Waals surface area contributed by atoms with Gasteiger partial charge < -0.3 is 14.5 Å². The zero-order valence-corrected chi connectivity index (χ0v) is 19.1. The van der Waals surface area contributed by atoms with Gasteiger partial charge in [-0.3, -0.25) is 14.9 Å². The number of nitrogens with zero attached hydrogens (tertiary/aromatic N) is 3. The van der Waals surface area contributed by atoms with Crippen molar-refractivity contribution in [3.8, 4) is 0 Å². The zero-order valence-electron chi connectivity index (χ0n) is 17.6. The zero-order chi connectivity index (χ0) is 22.7. The molecule has 0 aliphatic carbocycles. The summed E-state index contributed by atoms with van der Waals surface area (Å²) in [7, 11) is 0. The van der Waals surface area contributed by atoms with Crippen molar-refractivity contribution in [3.63, 3.8) is 0 Å². The van der Waals surface area contributed by atoms with E-state index in [4.69, 9.17) is 32.9 Å². The molecule has 32 heavy (non-hydrogen) atoms. The van der Waals surface area contributed by atoms with Gasteiger partial charge in [-0.05, 0) is 48.9 Å². The quantitative estimate of drug-likeness (QED) is 0.541. The number of piperazine rings is 1. The van der Waals surface area contributed by atoms with E-state index in [1.54, 1.807) is 25.1 Å². The highest BCUT2D eigenvalue weighted by atomic mass is 35.5. The maximum Gasteiger partial charge on any atom is 0.321 e. The Labute approximate surface area is 196 Å². The van der Waals surface area contributed by atoms with Gasteiger partial charge in [0, 0.05) is 41.9 Å². The number of ether oxygens (including phenoxy) is 1. The molecular weight excluding hydrogens is 451 g/mol. The SMILES string of the molecule is CCOC(=O)[C@@H]1C(=O)NC(N2CCN(c3ccc(Cl)cc3)CC2)=N[C@@H]1c1cccc(Cl)c1. The minimum absolute atomic E-state index is 0.189. The number of anilines is 1. The molecule has 2 atom stereocenters. The standard InChI is InChI=1S/C23H24Cl2N4O3/c1-2-32-22(31)19-20(15-4-3-5-17(25)14-15)26-23(27-21(19)30)29-12-10-28(11-13-29)18-8-6-16(24)7-9-18/h3-9,14,19-20H,2,10-13H2,1H3,(H,26,27,30)/t19-,20+/m0/s1. The van der Waals surface area contributed by atoms with Crippen LogP contribution in [0.25, 0.3) is 0 Å². The number of amides is 1. The molecule has 0 radical (unpaired) electrons. The van der Waals surface area contributed by atoms with Crippen LogP contribution in [-0.2, 0) is 14.3 Å². The molecule has 7 nitrogen and oxygen atoms in total. The molecule has 2 aliphatic heterocycles. The lowest BCUT2D eigenvalue weighted by Gasteiger charge is -2.39. The third-order valence-corrected chi connectivity index (χ3v) is 6.08. The predicted octanol–water partition coefficient (Wildman–Crippen LogP) is 3.52. The first-order valence-electron chi connectivity index (χ1n) is 10.5. The summed E-state index contributed by atoms with van der Waals surface area (Å²) in [6.07, 6.45) is 0. The summed E-state index contributed by atoms with van der Waals surface area (Å²) in [6, 6.07) is 14.1. The molecule has 0 saturated carbocycles. The highest BCUT2D eigenvalue weighted by Crippen LogP contribution is 2.32. The molecule has 1 fully saturated rings. The molecule has 168 valence electrons. The molecule has 1 saturated heterocycles. The van der Waals surface area contributed by atoms with Crippen LogP contribution in [0.2, 0.25) is 10.0 Å². The van der Waals surface area contributed by atoms with Crippen LogP contribution < -0.4 is 10.2 Å². The Kier molecular flexibility index (Phi) is 6.86. The van der Waals surface area contributed by atoms with E-state index in [0.717, 1.165) is 18.8 Å². The molecule has 1 amide bonds. The first kappa shape index (κ1) is 22.4. The lowest BCUT2D eigenvalue weighted by Crippen LogP contribution is -2.57. The Morgan fingerprint density at radius 1 is 1.06 bits per heavy atom. The number of hydrogen-bond donors (Lipinski definition) is 1. The second-order valence-electron chi connectivity index (χ2n) is 7.62. The van der Waals surface area contributed by atoms with Gasteiger partial charge in [-0.1, -0.05) is 35.3 Å². The van der Waals surface area contributed by atoms with E-state index >= 15 is 0 Å². The van der Waals surface area contributed by atoms with Crippen LogP contribution in [0.3, 0.4) is 0 Å². The van der Waals surface area contributed by atoms with Gasteiger partial charge >= 0.3 is 5.97 Å². The molecule has 0 unspecified atom stereocenters. The average Bonchev–Trinajstić information content (AvgIpc) is 2.79. The van der Waals surface area contributed by atoms with Gasteiger partial charge in [0.05, 0.1) is 6.61 Å². The minimum Gasteiger partial charge on any atom is -0.465 e. The summed E-state index contributed by atoms with van der Waals surface area (Å²) < 4.78 is 5.15. The van der Waals surface area contributed by atoms with Crippen LogP contribution in [0, 0.1) is 5.92 Å². The van der Waals surface area contributed by atoms with Gasteiger partial charge in [-0.15, -0.1) is 0 Å². The fourth-order valence-corrected chi connectivity index (χ4v) is 4.31. The van der Waals surface area contributed by atoms with Crippen molar-refractivity contribution in [1.82, 2.24) is 10.2 Å². The van der Waals surface area contributed by atoms with Crippen molar-refractivity contribution in [2.45, 2.75) is 13.0 Å². The van der Waals surface area contributed by atoms with E-state index in [2.05, 4.69) is 10.2 Å². The molecule has 9 heteroatoms. The largest absolute Gasteiger partial charge is 0.465 e. The van der Waals surface area contributed by atoms with Crippen LogP contribution >= 0.6 is 23.2 Å². The number of halogens is 2. The Morgan fingerprint density at radius 2 is 1.75 bits per heavy atom. The predicted molar refractivity (Wildman–Crippen MR) is 125 cm³/mol. The van der Waals surface area contributed by atoms with Crippen molar-refractivity contribution in [2.24, 2.45) is 10.9 Å².